The lowest BCUT2D eigenvalue weighted by atomic mass is 10.1. The molecule has 0 aliphatic carbocycles. The number of phosphoric ester groups is 1. The Morgan fingerprint density at radius 2 is 1.04 bits per heavy atom. The van der Waals surface area contributed by atoms with E-state index in [9.17, 15) is 18.9 Å². The van der Waals surface area contributed by atoms with Crippen molar-refractivity contribution >= 4 is 25.5 Å². The topological polar surface area (TPSA) is 136 Å². The van der Waals surface area contributed by atoms with Gasteiger partial charge in [0.05, 0.1) is 6.61 Å². The number of hydrogen-bond donors (Lipinski definition) is 2. The van der Waals surface area contributed by atoms with Crippen molar-refractivity contribution in [1.82, 2.24) is 0 Å². The summed E-state index contributed by atoms with van der Waals surface area (Å²) in [4.78, 5) is 54.6. The molecule has 2 N–H and O–H groups in total. The molecule has 9 nitrogen and oxygen atoms in total. The van der Waals surface area contributed by atoms with Gasteiger partial charge >= 0.3 is 19.8 Å². The van der Waals surface area contributed by atoms with Crippen LogP contribution < -0.4 is 0 Å². The van der Waals surface area contributed by atoms with Gasteiger partial charge in [-0.3, -0.25) is 18.9 Å². The lowest BCUT2D eigenvalue weighted by Crippen LogP contribution is -2.29. The van der Waals surface area contributed by atoms with E-state index in [1.807, 2.05) is 12.2 Å². The third-order valence-electron chi connectivity index (χ3n) is 8.11. The van der Waals surface area contributed by atoms with Crippen LogP contribution in [0.2, 0.25) is 0 Å². The zero-order chi connectivity index (χ0) is 36.3. The van der Waals surface area contributed by atoms with E-state index in [0.717, 1.165) is 70.6 Å². The molecule has 49 heavy (non-hydrogen) atoms. The van der Waals surface area contributed by atoms with E-state index in [1.165, 1.54) is 57.8 Å². The van der Waals surface area contributed by atoms with Gasteiger partial charge in [-0.05, 0) is 63.9 Å². The Morgan fingerprint density at radius 3 is 1.63 bits per heavy atom. The molecule has 0 bridgehead atoms. The number of hydrogen-bond acceptors (Lipinski definition) is 7. The van der Waals surface area contributed by atoms with Gasteiger partial charge < -0.3 is 19.3 Å². The SMILES string of the molecule is CCCCC/C=C\C=C\C(=O)CCCCCCCC(=O)OC[C@H](COP(=O)(O)O)OC(=O)CCCCCCC/C=C\CCCCCCCC. The van der Waals surface area contributed by atoms with Crippen molar-refractivity contribution < 1.29 is 42.7 Å². The summed E-state index contributed by atoms with van der Waals surface area (Å²) in [7, 11) is -4.78. The maximum Gasteiger partial charge on any atom is 0.469 e. The monoisotopic (exact) mass is 712 g/mol. The van der Waals surface area contributed by atoms with E-state index in [1.54, 1.807) is 6.08 Å². The van der Waals surface area contributed by atoms with Crippen molar-refractivity contribution in [1.29, 1.82) is 0 Å². The quantitative estimate of drug-likeness (QED) is 0.0164. The molecule has 0 aromatic rings. The Morgan fingerprint density at radius 1 is 0.571 bits per heavy atom. The van der Waals surface area contributed by atoms with Gasteiger partial charge in [0.25, 0.3) is 0 Å². The highest BCUT2D eigenvalue weighted by Crippen LogP contribution is 2.36. The number of unbranched alkanes of at least 4 members (excludes halogenated alkanes) is 18. The molecule has 284 valence electrons. The molecule has 0 aliphatic heterocycles. The van der Waals surface area contributed by atoms with E-state index in [-0.39, 0.29) is 25.2 Å². The highest BCUT2D eigenvalue weighted by Gasteiger charge is 2.22. The molecular weight excluding hydrogens is 643 g/mol. The first-order valence-electron chi connectivity index (χ1n) is 19.2. The van der Waals surface area contributed by atoms with Crippen LogP contribution in [0.3, 0.4) is 0 Å². The summed E-state index contributed by atoms with van der Waals surface area (Å²) in [5.41, 5.74) is 0. The molecule has 0 aromatic heterocycles. The Hall–Kier alpha value is -2.06. The second-order valence-electron chi connectivity index (χ2n) is 12.9. The van der Waals surface area contributed by atoms with E-state index >= 15 is 0 Å². The number of rotatable bonds is 35. The Balaban J connectivity index is 4.06. The van der Waals surface area contributed by atoms with Crippen LogP contribution in [0, 0.1) is 0 Å². The van der Waals surface area contributed by atoms with E-state index in [0.29, 0.717) is 19.3 Å². The number of ether oxygens (including phenoxy) is 2. The summed E-state index contributed by atoms with van der Waals surface area (Å²) in [5, 5.41) is 0. The van der Waals surface area contributed by atoms with Crippen LogP contribution >= 0.6 is 7.82 Å². The zero-order valence-electron chi connectivity index (χ0n) is 30.8. The second-order valence-corrected chi connectivity index (χ2v) is 14.2. The molecule has 10 heteroatoms. The fourth-order valence-electron chi connectivity index (χ4n) is 5.17. The molecule has 0 fully saturated rings. The molecular formula is C39H69O9P. The van der Waals surface area contributed by atoms with Crippen LogP contribution in [0.4, 0.5) is 0 Å². The highest BCUT2D eigenvalue weighted by molar-refractivity contribution is 7.46. The first-order chi connectivity index (χ1) is 23.7. The summed E-state index contributed by atoms with van der Waals surface area (Å²) in [5.74, 6) is -0.870. The van der Waals surface area contributed by atoms with Gasteiger partial charge in [-0.25, -0.2) is 4.57 Å². The Bertz CT molecular complexity index is 954. The van der Waals surface area contributed by atoms with Crippen LogP contribution in [0.1, 0.15) is 174 Å². The molecule has 0 saturated heterocycles. The largest absolute Gasteiger partial charge is 0.469 e. The van der Waals surface area contributed by atoms with Gasteiger partial charge in [-0.15, -0.1) is 0 Å². The number of carbonyl (C=O) groups is 3. The minimum Gasteiger partial charge on any atom is -0.462 e. The molecule has 0 saturated carbocycles. The average molecular weight is 713 g/mol. The molecule has 0 aliphatic rings. The normalized spacial score (nSPS) is 12.7. The number of esters is 2. The fraction of sp³-hybridized carbons (Fsp3) is 0.769. The van der Waals surface area contributed by atoms with Crippen molar-refractivity contribution in [3.05, 3.63) is 36.5 Å². The Kier molecular flexibility index (Phi) is 32.9. The molecule has 0 amide bonds. The predicted octanol–water partition coefficient (Wildman–Crippen LogP) is 10.6. The molecule has 0 radical (unpaired) electrons. The minimum atomic E-state index is -4.78. The average Bonchev–Trinajstić information content (AvgIpc) is 3.06. The van der Waals surface area contributed by atoms with Crippen molar-refractivity contribution in [2.75, 3.05) is 13.2 Å². The van der Waals surface area contributed by atoms with Gasteiger partial charge in [0.1, 0.15) is 6.61 Å². The first-order valence-corrected chi connectivity index (χ1v) is 20.8. The van der Waals surface area contributed by atoms with E-state index in [4.69, 9.17) is 19.3 Å². The van der Waals surface area contributed by atoms with E-state index in [2.05, 4.69) is 36.6 Å². The summed E-state index contributed by atoms with van der Waals surface area (Å²) >= 11 is 0. The summed E-state index contributed by atoms with van der Waals surface area (Å²) < 4.78 is 26.2. The summed E-state index contributed by atoms with van der Waals surface area (Å²) in [6.45, 7) is 3.51. The Labute approximate surface area is 298 Å². The molecule has 0 unspecified atom stereocenters. The minimum absolute atomic E-state index is 0.118. The number of carbonyl (C=O) groups excluding carboxylic acids is 3. The maximum absolute atomic E-state index is 12.4. The highest BCUT2D eigenvalue weighted by atomic mass is 31.2. The van der Waals surface area contributed by atoms with Crippen molar-refractivity contribution in [2.45, 2.75) is 180 Å². The molecule has 0 spiro atoms. The third kappa shape index (κ3) is 37.0. The van der Waals surface area contributed by atoms with Gasteiger partial charge in [-0.1, -0.05) is 128 Å². The fourth-order valence-corrected chi connectivity index (χ4v) is 5.53. The number of ketones is 1. The lowest BCUT2D eigenvalue weighted by Gasteiger charge is -2.18. The molecule has 1 atom stereocenters. The van der Waals surface area contributed by atoms with Crippen LogP contribution in [0.25, 0.3) is 0 Å². The van der Waals surface area contributed by atoms with Crippen LogP contribution in [-0.4, -0.2) is 46.8 Å². The standard InChI is InChI=1S/C39H69O9P/c1-3-5-7-9-11-12-13-14-15-16-17-18-20-24-29-33-39(42)48-37(35-47-49(43,44)45)34-46-38(41)32-28-25-21-23-27-31-36(40)30-26-22-19-10-8-6-4-2/h14-15,19,22,26,30,37H,3-13,16-18,20-21,23-25,27-29,31-35H2,1-2H3,(H2,43,44,45)/b15-14-,22-19-,30-26+/t37-/m1/s1. The van der Waals surface area contributed by atoms with E-state index < -0.39 is 32.5 Å². The molecule has 0 heterocycles. The third-order valence-corrected chi connectivity index (χ3v) is 8.59. The molecule has 0 aromatic carbocycles. The lowest BCUT2D eigenvalue weighted by molar-refractivity contribution is -0.161. The smallest absolute Gasteiger partial charge is 0.462 e. The van der Waals surface area contributed by atoms with Crippen molar-refractivity contribution in [3.8, 4) is 0 Å². The number of allylic oxidation sites excluding steroid dienone is 6. The van der Waals surface area contributed by atoms with Gasteiger partial charge in [0.15, 0.2) is 11.9 Å². The van der Waals surface area contributed by atoms with Crippen LogP contribution in [0.5, 0.6) is 0 Å². The first kappa shape index (κ1) is 46.9. The predicted molar refractivity (Wildman–Crippen MR) is 198 cm³/mol. The van der Waals surface area contributed by atoms with Gasteiger partial charge in [0, 0.05) is 19.3 Å². The summed E-state index contributed by atoms with van der Waals surface area (Å²) in [6, 6.07) is 0. The zero-order valence-corrected chi connectivity index (χ0v) is 31.7. The van der Waals surface area contributed by atoms with Gasteiger partial charge in [0.2, 0.25) is 0 Å². The van der Waals surface area contributed by atoms with Crippen LogP contribution in [0.15, 0.2) is 36.5 Å². The van der Waals surface area contributed by atoms with Crippen molar-refractivity contribution in [3.63, 3.8) is 0 Å². The van der Waals surface area contributed by atoms with Gasteiger partial charge in [-0.2, -0.15) is 0 Å². The molecule has 0 rings (SSSR count). The second kappa shape index (κ2) is 34.4. The maximum atomic E-state index is 12.4. The number of phosphoric acid groups is 1. The van der Waals surface area contributed by atoms with Crippen molar-refractivity contribution in [2.24, 2.45) is 0 Å². The summed E-state index contributed by atoms with van der Waals surface area (Å²) in [6.07, 6.45) is 35.4. The van der Waals surface area contributed by atoms with Crippen LogP contribution in [-0.2, 0) is 32.9 Å².